The fourth-order valence-electron chi connectivity index (χ4n) is 2.74. The first kappa shape index (κ1) is 10.2. The second kappa shape index (κ2) is 3.79. The first-order chi connectivity index (χ1) is 8.29. The predicted octanol–water partition coefficient (Wildman–Crippen LogP) is 2.85. The van der Waals surface area contributed by atoms with Gasteiger partial charge in [-0.1, -0.05) is 5.11 Å². The van der Waals surface area contributed by atoms with E-state index in [4.69, 9.17) is 5.53 Å². The number of hydrogen-bond donors (Lipinski definition) is 0. The summed E-state index contributed by atoms with van der Waals surface area (Å²) >= 11 is 0. The van der Waals surface area contributed by atoms with Gasteiger partial charge in [0.25, 0.3) is 0 Å². The van der Waals surface area contributed by atoms with Gasteiger partial charge in [-0.05, 0) is 48.1 Å². The van der Waals surface area contributed by atoms with E-state index in [1.807, 2.05) is 17.0 Å². The highest BCUT2D eigenvalue weighted by atomic mass is 16.2. The Morgan fingerprint density at radius 3 is 2.76 bits per heavy atom. The van der Waals surface area contributed by atoms with Gasteiger partial charge >= 0.3 is 0 Å². The van der Waals surface area contributed by atoms with Gasteiger partial charge in [0.2, 0.25) is 5.91 Å². The molecule has 2 aliphatic rings. The van der Waals surface area contributed by atoms with Crippen LogP contribution in [0.15, 0.2) is 17.2 Å². The van der Waals surface area contributed by atoms with E-state index in [2.05, 4.69) is 10.0 Å². The number of hydrogen-bond acceptors (Lipinski definition) is 2. The number of azide groups is 1. The number of aryl methyl sites for hydroxylation is 2. The van der Waals surface area contributed by atoms with Crippen molar-refractivity contribution in [2.24, 2.45) is 5.11 Å². The topological polar surface area (TPSA) is 69.1 Å². The molecular weight excluding hydrogens is 216 g/mol. The fourth-order valence-corrected chi connectivity index (χ4v) is 2.74. The number of carbonyl (C=O) groups excluding carboxylic acids is 1. The SMILES string of the molecule is [N-]=[N+]=Nc1cc2c3c(c1)CCC(=O)N3CCC2. The zero-order valence-electron chi connectivity index (χ0n) is 9.39. The average Bonchev–Trinajstić information content (AvgIpc) is 2.34. The summed E-state index contributed by atoms with van der Waals surface area (Å²) in [5.74, 6) is 0.218. The van der Waals surface area contributed by atoms with Gasteiger partial charge < -0.3 is 4.90 Å². The van der Waals surface area contributed by atoms with Crippen molar-refractivity contribution in [3.63, 3.8) is 0 Å². The third-order valence-corrected chi connectivity index (χ3v) is 3.42. The lowest BCUT2D eigenvalue weighted by Crippen LogP contribution is -2.39. The summed E-state index contributed by atoms with van der Waals surface area (Å²) in [5.41, 5.74) is 12.5. The van der Waals surface area contributed by atoms with Gasteiger partial charge in [-0.15, -0.1) is 0 Å². The highest BCUT2D eigenvalue weighted by Crippen LogP contribution is 2.38. The molecule has 0 aromatic heterocycles. The molecule has 2 heterocycles. The van der Waals surface area contributed by atoms with Crippen molar-refractivity contribution in [2.75, 3.05) is 11.4 Å². The largest absolute Gasteiger partial charge is 0.312 e. The molecule has 1 amide bonds. The Bertz CT molecular complexity index is 528. The summed E-state index contributed by atoms with van der Waals surface area (Å²) < 4.78 is 0. The molecule has 5 heteroatoms. The molecule has 0 unspecified atom stereocenters. The minimum absolute atomic E-state index is 0.218. The van der Waals surface area contributed by atoms with E-state index in [9.17, 15) is 4.79 Å². The minimum Gasteiger partial charge on any atom is -0.312 e. The lowest BCUT2D eigenvalue weighted by molar-refractivity contribution is -0.119. The average molecular weight is 228 g/mol. The van der Waals surface area contributed by atoms with Crippen LogP contribution in [0.3, 0.4) is 0 Å². The van der Waals surface area contributed by atoms with Crippen LogP contribution >= 0.6 is 0 Å². The molecule has 0 bridgehead atoms. The number of benzene rings is 1. The fraction of sp³-hybridized carbons (Fsp3) is 0.417. The lowest BCUT2D eigenvalue weighted by Gasteiger charge is -2.35. The zero-order chi connectivity index (χ0) is 11.8. The normalized spacial score (nSPS) is 17.4. The molecular formula is C12H12N4O. The van der Waals surface area contributed by atoms with Gasteiger partial charge in [0.15, 0.2) is 0 Å². The molecule has 0 N–H and O–H groups in total. The van der Waals surface area contributed by atoms with E-state index in [0.717, 1.165) is 42.6 Å². The molecule has 0 aliphatic carbocycles. The van der Waals surface area contributed by atoms with Crippen molar-refractivity contribution in [1.29, 1.82) is 0 Å². The Kier molecular flexibility index (Phi) is 2.27. The smallest absolute Gasteiger partial charge is 0.227 e. The maximum atomic E-state index is 11.8. The molecule has 1 aromatic rings. The third kappa shape index (κ3) is 1.56. The maximum Gasteiger partial charge on any atom is 0.227 e. The van der Waals surface area contributed by atoms with Crippen LogP contribution in [0.5, 0.6) is 0 Å². The molecule has 0 atom stereocenters. The van der Waals surface area contributed by atoms with E-state index >= 15 is 0 Å². The van der Waals surface area contributed by atoms with E-state index < -0.39 is 0 Å². The van der Waals surface area contributed by atoms with E-state index in [1.165, 1.54) is 0 Å². The van der Waals surface area contributed by atoms with Crippen LogP contribution in [0.4, 0.5) is 11.4 Å². The first-order valence-corrected chi connectivity index (χ1v) is 5.81. The number of rotatable bonds is 1. The Balaban J connectivity index is 2.19. The highest BCUT2D eigenvalue weighted by Gasteiger charge is 2.29. The van der Waals surface area contributed by atoms with Crippen LogP contribution < -0.4 is 4.90 Å². The first-order valence-electron chi connectivity index (χ1n) is 5.81. The number of anilines is 1. The molecule has 86 valence electrons. The number of nitrogens with zero attached hydrogens (tertiary/aromatic N) is 4. The number of carbonyl (C=O) groups is 1. The summed E-state index contributed by atoms with van der Waals surface area (Å²) in [5, 5.41) is 3.67. The molecule has 5 nitrogen and oxygen atoms in total. The molecule has 0 saturated heterocycles. The maximum absolute atomic E-state index is 11.8. The second-order valence-corrected chi connectivity index (χ2v) is 4.45. The predicted molar refractivity (Wildman–Crippen MR) is 64.2 cm³/mol. The van der Waals surface area contributed by atoms with Gasteiger partial charge in [0, 0.05) is 23.6 Å². The van der Waals surface area contributed by atoms with Crippen LogP contribution in [-0.2, 0) is 17.6 Å². The quantitative estimate of drug-likeness (QED) is 0.414. The van der Waals surface area contributed by atoms with Crippen LogP contribution in [0, 0.1) is 0 Å². The Morgan fingerprint density at radius 2 is 2.00 bits per heavy atom. The second-order valence-electron chi connectivity index (χ2n) is 4.45. The summed E-state index contributed by atoms with van der Waals surface area (Å²) in [6.07, 6.45) is 3.26. The van der Waals surface area contributed by atoms with E-state index in [0.29, 0.717) is 12.1 Å². The monoisotopic (exact) mass is 228 g/mol. The van der Waals surface area contributed by atoms with E-state index in [1.54, 1.807) is 0 Å². The molecule has 17 heavy (non-hydrogen) atoms. The van der Waals surface area contributed by atoms with Crippen molar-refractivity contribution in [2.45, 2.75) is 25.7 Å². The van der Waals surface area contributed by atoms with Crippen molar-refractivity contribution >= 4 is 17.3 Å². The van der Waals surface area contributed by atoms with Gasteiger partial charge in [0.05, 0.1) is 5.69 Å². The zero-order valence-corrected chi connectivity index (χ0v) is 9.39. The molecule has 3 rings (SSSR count). The summed E-state index contributed by atoms with van der Waals surface area (Å²) in [6, 6.07) is 3.81. The summed E-state index contributed by atoms with van der Waals surface area (Å²) in [4.78, 5) is 16.5. The third-order valence-electron chi connectivity index (χ3n) is 3.42. The molecule has 0 saturated carbocycles. The van der Waals surface area contributed by atoms with Crippen LogP contribution in [0.2, 0.25) is 0 Å². The Hall–Kier alpha value is -2.00. The van der Waals surface area contributed by atoms with Gasteiger partial charge in [-0.2, -0.15) is 0 Å². The van der Waals surface area contributed by atoms with Crippen LogP contribution in [-0.4, -0.2) is 12.5 Å². The van der Waals surface area contributed by atoms with Crippen LogP contribution in [0.1, 0.15) is 24.0 Å². The van der Waals surface area contributed by atoms with Gasteiger partial charge in [-0.25, -0.2) is 0 Å². The molecule has 0 spiro atoms. The standard InChI is InChI=1S/C12H12N4O/c13-15-14-10-6-8-2-1-5-16-11(17)4-3-9(7-10)12(8)16/h6-7H,1-5H2. The summed E-state index contributed by atoms with van der Waals surface area (Å²) in [7, 11) is 0. The highest BCUT2D eigenvalue weighted by molar-refractivity contribution is 5.98. The van der Waals surface area contributed by atoms with Crippen molar-refractivity contribution < 1.29 is 4.79 Å². The molecule has 0 fully saturated rings. The minimum atomic E-state index is 0.218. The molecule has 1 aromatic carbocycles. The molecule has 0 radical (unpaired) electrons. The van der Waals surface area contributed by atoms with E-state index in [-0.39, 0.29) is 5.91 Å². The Morgan fingerprint density at radius 1 is 1.24 bits per heavy atom. The van der Waals surface area contributed by atoms with Gasteiger partial charge in [0.1, 0.15) is 0 Å². The Labute approximate surface area is 98.7 Å². The summed E-state index contributed by atoms with van der Waals surface area (Å²) in [6.45, 7) is 0.819. The number of amides is 1. The van der Waals surface area contributed by atoms with Crippen molar-refractivity contribution in [3.05, 3.63) is 33.7 Å². The van der Waals surface area contributed by atoms with Crippen molar-refractivity contribution in [3.8, 4) is 0 Å². The van der Waals surface area contributed by atoms with Gasteiger partial charge in [-0.3, -0.25) is 4.79 Å². The van der Waals surface area contributed by atoms with Crippen LogP contribution in [0.25, 0.3) is 10.4 Å². The molecule has 2 aliphatic heterocycles. The van der Waals surface area contributed by atoms with Crippen molar-refractivity contribution in [1.82, 2.24) is 0 Å². The lowest BCUT2D eigenvalue weighted by atomic mass is 9.91.